The number of benzene rings is 1. The van der Waals surface area contributed by atoms with Crippen molar-refractivity contribution >= 4 is 17.7 Å². The van der Waals surface area contributed by atoms with Crippen LogP contribution in [0.5, 0.6) is 0 Å². The summed E-state index contributed by atoms with van der Waals surface area (Å²) >= 11 is 0.908. The third-order valence-corrected chi connectivity index (χ3v) is 2.17. The van der Waals surface area contributed by atoms with Gasteiger partial charge < -0.3 is 10.2 Å². The van der Waals surface area contributed by atoms with Crippen molar-refractivity contribution in [3.63, 3.8) is 0 Å². The first kappa shape index (κ1) is 9.09. The molecule has 0 heterocycles. The Morgan fingerprint density at radius 1 is 1.33 bits per heavy atom. The fraction of sp³-hybridized carbons (Fsp3) is 0.125. The van der Waals surface area contributed by atoms with E-state index in [0.717, 1.165) is 16.7 Å². The van der Waals surface area contributed by atoms with E-state index in [-0.39, 0.29) is 0 Å². The number of aliphatic hydroxyl groups excluding tert-OH is 1. The molecule has 0 amide bonds. The minimum absolute atomic E-state index is 0.743. The fourth-order valence-corrected chi connectivity index (χ4v) is 1.35. The molecule has 1 aromatic rings. The van der Waals surface area contributed by atoms with Crippen molar-refractivity contribution < 1.29 is 15.0 Å². The Balaban J connectivity index is 2.58. The summed E-state index contributed by atoms with van der Waals surface area (Å²) in [5, 5.41) is 17.3. The van der Waals surface area contributed by atoms with Crippen LogP contribution in [0.2, 0.25) is 0 Å². The summed E-state index contributed by atoms with van der Waals surface area (Å²) in [6.45, 7) is 0. The van der Waals surface area contributed by atoms with Gasteiger partial charge in [-0.05, 0) is 12.1 Å². The Kier molecular flexibility index (Phi) is 3.13. The van der Waals surface area contributed by atoms with Crippen molar-refractivity contribution in [3.8, 4) is 0 Å². The summed E-state index contributed by atoms with van der Waals surface area (Å²) in [6.07, 6.45) is 0. The van der Waals surface area contributed by atoms with Crippen LogP contribution < -0.4 is 0 Å². The molecule has 1 aromatic carbocycles. The normalized spacial score (nSPS) is 12.4. The highest BCUT2D eigenvalue weighted by molar-refractivity contribution is 8.00. The molecule has 0 aromatic heterocycles. The van der Waals surface area contributed by atoms with E-state index >= 15 is 0 Å². The first-order chi connectivity index (χ1) is 5.70. The maximum atomic E-state index is 10.2. The van der Waals surface area contributed by atoms with Crippen LogP contribution in [0.15, 0.2) is 35.2 Å². The third kappa shape index (κ3) is 2.56. The standard InChI is InChI=1S/C8H8O3S/c9-7(10)8(11)12-6-4-2-1-3-5-6/h1-5,8,11H,(H,9,10). The largest absolute Gasteiger partial charge is 0.479 e. The zero-order chi connectivity index (χ0) is 8.97. The highest BCUT2D eigenvalue weighted by Crippen LogP contribution is 2.20. The van der Waals surface area contributed by atoms with Crippen LogP contribution in [0.4, 0.5) is 0 Å². The summed E-state index contributed by atoms with van der Waals surface area (Å²) in [5.74, 6) is -1.22. The van der Waals surface area contributed by atoms with Crippen LogP contribution in [0, 0.1) is 0 Å². The molecule has 0 fully saturated rings. The van der Waals surface area contributed by atoms with Crippen molar-refractivity contribution in [2.45, 2.75) is 10.3 Å². The molecule has 0 aliphatic heterocycles. The third-order valence-electron chi connectivity index (χ3n) is 1.20. The van der Waals surface area contributed by atoms with Crippen molar-refractivity contribution in [1.29, 1.82) is 0 Å². The number of hydrogen-bond donors (Lipinski definition) is 2. The average molecular weight is 184 g/mol. The van der Waals surface area contributed by atoms with Crippen molar-refractivity contribution in [2.24, 2.45) is 0 Å². The second-order valence-corrected chi connectivity index (χ2v) is 3.28. The van der Waals surface area contributed by atoms with E-state index in [1.54, 1.807) is 24.3 Å². The van der Waals surface area contributed by atoms with Gasteiger partial charge in [-0.15, -0.1) is 0 Å². The SMILES string of the molecule is O=C(O)C(O)Sc1ccccc1. The van der Waals surface area contributed by atoms with Crippen LogP contribution in [0.3, 0.4) is 0 Å². The lowest BCUT2D eigenvalue weighted by Crippen LogP contribution is -2.14. The fourth-order valence-electron chi connectivity index (χ4n) is 0.678. The van der Waals surface area contributed by atoms with E-state index in [9.17, 15) is 4.79 Å². The zero-order valence-corrected chi connectivity index (χ0v) is 6.99. The average Bonchev–Trinajstić information content (AvgIpc) is 2.06. The van der Waals surface area contributed by atoms with Crippen LogP contribution >= 0.6 is 11.8 Å². The van der Waals surface area contributed by atoms with Crippen molar-refractivity contribution in [3.05, 3.63) is 30.3 Å². The molecule has 12 heavy (non-hydrogen) atoms. The number of thioether (sulfide) groups is 1. The molecule has 1 rings (SSSR count). The summed E-state index contributed by atoms with van der Waals surface area (Å²) in [4.78, 5) is 11.0. The van der Waals surface area contributed by atoms with Crippen LogP contribution in [0.1, 0.15) is 0 Å². The maximum Gasteiger partial charge on any atom is 0.343 e. The quantitative estimate of drug-likeness (QED) is 0.547. The van der Waals surface area contributed by atoms with Gasteiger partial charge in [0, 0.05) is 4.90 Å². The lowest BCUT2D eigenvalue weighted by atomic mass is 10.4. The Bertz CT molecular complexity index is 260. The second-order valence-electron chi connectivity index (χ2n) is 2.12. The van der Waals surface area contributed by atoms with Gasteiger partial charge in [0.25, 0.3) is 0 Å². The summed E-state index contributed by atoms with van der Waals surface area (Å²) in [7, 11) is 0. The number of carbonyl (C=O) groups is 1. The number of carboxylic acid groups (broad SMARTS) is 1. The lowest BCUT2D eigenvalue weighted by Gasteiger charge is -2.03. The molecule has 4 heteroatoms. The Morgan fingerprint density at radius 3 is 2.42 bits per heavy atom. The lowest BCUT2D eigenvalue weighted by molar-refractivity contribution is -0.141. The number of carboxylic acids is 1. The molecule has 0 aliphatic carbocycles. The molecule has 0 radical (unpaired) electrons. The molecule has 64 valence electrons. The predicted octanol–water partition coefficient (Wildman–Crippen LogP) is 1.18. The summed E-state index contributed by atoms with van der Waals surface area (Å²) in [6, 6.07) is 8.90. The first-order valence-corrected chi connectivity index (χ1v) is 4.20. The van der Waals surface area contributed by atoms with Gasteiger partial charge in [0.15, 0.2) is 0 Å². The van der Waals surface area contributed by atoms with Crippen molar-refractivity contribution in [2.75, 3.05) is 0 Å². The molecule has 3 nitrogen and oxygen atoms in total. The highest BCUT2D eigenvalue weighted by atomic mass is 32.2. The molecule has 0 bridgehead atoms. The van der Waals surface area contributed by atoms with E-state index in [1.807, 2.05) is 6.07 Å². The smallest absolute Gasteiger partial charge is 0.343 e. The second kappa shape index (κ2) is 4.13. The van der Waals surface area contributed by atoms with Crippen molar-refractivity contribution in [1.82, 2.24) is 0 Å². The molecular formula is C8H8O3S. The van der Waals surface area contributed by atoms with E-state index in [4.69, 9.17) is 10.2 Å². The molecular weight excluding hydrogens is 176 g/mol. The van der Waals surface area contributed by atoms with Crippen LogP contribution in [-0.4, -0.2) is 21.6 Å². The molecule has 1 atom stereocenters. The van der Waals surface area contributed by atoms with Gasteiger partial charge in [-0.25, -0.2) is 4.79 Å². The molecule has 0 saturated carbocycles. The van der Waals surface area contributed by atoms with Crippen LogP contribution in [-0.2, 0) is 4.79 Å². The summed E-state index contributed by atoms with van der Waals surface area (Å²) in [5.41, 5.74) is -1.38. The Morgan fingerprint density at radius 2 is 1.92 bits per heavy atom. The molecule has 2 N–H and O–H groups in total. The van der Waals surface area contributed by atoms with E-state index in [0.29, 0.717) is 0 Å². The van der Waals surface area contributed by atoms with E-state index in [2.05, 4.69) is 0 Å². The molecule has 0 spiro atoms. The van der Waals surface area contributed by atoms with Gasteiger partial charge in [-0.3, -0.25) is 0 Å². The molecule has 0 aliphatic rings. The molecule has 1 unspecified atom stereocenters. The highest BCUT2D eigenvalue weighted by Gasteiger charge is 2.13. The predicted molar refractivity (Wildman–Crippen MR) is 45.9 cm³/mol. The maximum absolute atomic E-state index is 10.2. The number of rotatable bonds is 3. The zero-order valence-electron chi connectivity index (χ0n) is 6.18. The van der Waals surface area contributed by atoms with Gasteiger partial charge in [0.05, 0.1) is 0 Å². The van der Waals surface area contributed by atoms with Gasteiger partial charge >= 0.3 is 5.97 Å². The number of aliphatic hydroxyl groups is 1. The number of aliphatic carboxylic acids is 1. The molecule has 0 saturated heterocycles. The minimum atomic E-state index is -1.38. The Hall–Kier alpha value is -1.00. The Labute approximate surface area is 74.0 Å². The van der Waals surface area contributed by atoms with E-state index in [1.165, 1.54) is 0 Å². The topological polar surface area (TPSA) is 57.5 Å². The number of hydrogen-bond acceptors (Lipinski definition) is 3. The summed E-state index contributed by atoms with van der Waals surface area (Å²) < 4.78 is 0. The minimum Gasteiger partial charge on any atom is -0.479 e. The van der Waals surface area contributed by atoms with E-state index < -0.39 is 11.4 Å². The van der Waals surface area contributed by atoms with Gasteiger partial charge in [0.1, 0.15) is 0 Å². The monoisotopic (exact) mass is 184 g/mol. The van der Waals surface area contributed by atoms with Gasteiger partial charge in [0.2, 0.25) is 5.44 Å². The van der Waals surface area contributed by atoms with Gasteiger partial charge in [-0.2, -0.15) is 0 Å². The van der Waals surface area contributed by atoms with Crippen LogP contribution in [0.25, 0.3) is 0 Å². The first-order valence-electron chi connectivity index (χ1n) is 3.33. The van der Waals surface area contributed by atoms with Gasteiger partial charge in [-0.1, -0.05) is 30.0 Å².